The molecule has 0 aromatic heterocycles. The molecule has 0 atom stereocenters. The third-order valence-corrected chi connectivity index (χ3v) is 6.02. The number of carbonyl (C=O) groups is 1. The summed E-state index contributed by atoms with van der Waals surface area (Å²) in [5, 5.41) is 22.7. The van der Waals surface area contributed by atoms with E-state index in [4.69, 9.17) is 0 Å². The quantitative estimate of drug-likeness (QED) is 0.459. The Bertz CT molecular complexity index is 1450. The van der Waals surface area contributed by atoms with Crippen LogP contribution in [0.5, 0.6) is 11.5 Å². The second kappa shape index (κ2) is 7.68. The summed E-state index contributed by atoms with van der Waals surface area (Å²) >= 11 is 0. The number of fused-ring (bicyclic) bond motifs is 2. The molecule has 0 saturated carbocycles. The average molecular weight is 435 g/mol. The first-order chi connectivity index (χ1) is 14.6. The Hall–Kier alpha value is -3.42. The summed E-state index contributed by atoms with van der Waals surface area (Å²) in [4.78, 5) is 12.1. The van der Waals surface area contributed by atoms with Crippen LogP contribution in [-0.2, 0) is 27.8 Å². The SMILES string of the molecule is Cc1cc(O)c2cc(CC(=O)Cc3ccc4cc(S(=O)(=O)[O-])cc(O)c4c3)ccc2c1. The molecule has 0 heterocycles. The lowest BCUT2D eigenvalue weighted by Crippen LogP contribution is -2.06. The van der Waals surface area contributed by atoms with E-state index in [9.17, 15) is 28.0 Å². The van der Waals surface area contributed by atoms with Gasteiger partial charge in [0.25, 0.3) is 0 Å². The molecule has 6 nitrogen and oxygen atoms in total. The lowest BCUT2D eigenvalue weighted by Gasteiger charge is -2.11. The number of Topliss-reactive ketones (excluding diaryl/α,β-unsaturated/α-hetero) is 1. The van der Waals surface area contributed by atoms with Crippen molar-refractivity contribution in [3.05, 3.63) is 77.4 Å². The van der Waals surface area contributed by atoms with E-state index in [1.54, 1.807) is 30.3 Å². The fourth-order valence-corrected chi connectivity index (χ4v) is 4.30. The van der Waals surface area contributed by atoms with E-state index in [2.05, 4.69) is 0 Å². The van der Waals surface area contributed by atoms with Gasteiger partial charge in [-0.05, 0) is 64.7 Å². The van der Waals surface area contributed by atoms with Crippen LogP contribution in [0.1, 0.15) is 16.7 Å². The molecule has 0 spiro atoms. The summed E-state index contributed by atoms with van der Waals surface area (Å²) in [5.74, 6) is -0.209. The van der Waals surface area contributed by atoms with Crippen molar-refractivity contribution >= 4 is 37.4 Å². The summed E-state index contributed by atoms with van der Waals surface area (Å²) < 4.78 is 33.6. The van der Waals surface area contributed by atoms with E-state index in [1.807, 2.05) is 25.1 Å². The van der Waals surface area contributed by atoms with Crippen molar-refractivity contribution in [2.24, 2.45) is 0 Å². The molecule has 0 saturated heterocycles. The number of benzene rings is 4. The highest BCUT2D eigenvalue weighted by Crippen LogP contribution is 2.30. The van der Waals surface area contributed by atoms with Gasteiger partial charge in [0.1, 0.15) is 27.4 Å². The summed E-state index contributed by atoms with van der Waals surface area (Å²) in [6, 6.07) is 16.1. The minimum atomic E-state index is -4.68. The van der Waals surface area contributed by atoms with Gasteiger partial charge in [-0.15, -0.1) is 0 Å². The maximum atomic E-state index is 12.6. The molecule has 0 fully saturated rings. The van der Waals surface area contributed by atoms with Crippen LogP contribution < -0.4 is 0 Å². The second-order valence-electron chi connectivity index (χ2n) is 7.68. The molecule has 2 N–H and O–H groups in total. The zero-order valence-corrected chi connectivity index (χ0v) is 17.4. The molecule has 4 aromatic rings. The van der Waals surface area contributed by atoms with Crippen molar-refractivity contribution in [3.8, 4) is 11.5 Å². The summed E-state index contributed by atoms with van der Waals surface area (Å²) in [6.45, 7) is 1.90. The first-order valence-corrected chi connectivity index (χ1v) is 11.0. The van der Waals surface area contributed by atoms with Gasteiger partial charge in [0.05, 0.1) is 4.90 Å². The third-order valence-electron chi connectivity index (χ3n) is 5.20. The van der Waals surface area contributed by atoms with Crippen molar-refractivity contribution in [1.82, 2.24) is 0 Å². The van der Waals surface area contributed by atoms with Gasteiger partial charge in [-0.1, -0.05) is 30.3 Å². The molecule has 0 aliphatic heterocycles. The van der Waals surface area contributed by atoms with Gasteiger partial charge in [-0.25, -0.2) is 8.42 Å². The Kier molecular flexibility index (Phi) is 5.16. The molecule has 158 valence electrons. The number of aryl methyl sites for hydroxylation is 1. The van der Waals surface area contributed by atoms with E-state index < -0.39 is 15.0 Å². The van der Waals surface area contributed by atoms with Crippen LogP contribution in [0.2, 0.25) is 0 Å². The predicted molar refractivity (Wildman–Crippen MR) is 116 cm³/mol. The molecule has 0 aliphatic carbocycles. The fourth-order valence-electron chi connectivity index (χ4n) is 3.77. The standard InChI is InChI=1S/C24H20O6S/c1-14-6-17-4-2-15(10-21(17)23(26)7-14)8-19(25)9-16-3-5-18-12-20(31(28,29)30)13-24(27)22(18)11-16/h2-7,10-13,26-27H,8-9H2,1H3,(H,28,29,30)/p-1. The van der Waals surface area contributed by atoms with Gasteiger partial charge >= 0.3 is 0 Å². The number of hydrogen-bond donors (Lipinski definition) is 2. The van der Waals surface area contributed by atoms with Gasteiger partial charge < -0.3 is 14.8 Å². The lowest BCUT2D eigenvalue weighted by atomic mass is 9.97. The van der Waals surface area contributed by atoms with Crippen molar-refractivity contribution in [2.45, 2.75) is 24.7 Å². The number of rotatable bonds is 5. The van der Waals surface area contributed by atoms with E-state index in [1.165, 1.54) is 6.07 Å². The van der Waals surface area contributed by atoms with Gasteiger partial charge in [-0.3, -0.25) is 4.79 Å². The van der Waals surface area contributed by atoms with Crippen LogP contribution in [0.3, 0.4) is 0 Å². The van der Waals surface area contributed by atoms with Crippen LogP contribution >= 0.6 is 0 Å². The molecule has 0 radical (unpaired) electrons. The number of carbonyl (C=O) groups excluding carboxylic acids is 1. The number of aromatic hydroxyl groups is 2. The molecule has 7 heteroatoms. The minimum Gasteiger partial charge on any atom is -0.744 e. The molecule has 0 aliphatic rings. The van der Waals surface area contributed by atoms with Crippen molar-refractivity contribution in [1.29, 1.82) is 0 Å². The van der Waals surface area contributed by atoms with Crippen LogP contribution in [-0.4, -0.2) is 29.0 Å². The maximum absolute atomic E-state index is 12.6. The zero-order chi connectivity index (χ0) is 22.3. The Morgan fingerprint density at radius 1 is 0.806 bits per heavy atom. The zero-order valence-electron chi connectivity index (χ0n) is 16.6. The minimum absolute atomic E-state index is 0.0523. The second-order valence-corrected chi connectivity index (χ2v) is 9.06. The largest absolute Gasteiger partial charge is 0.744 e. The van der Waals surface area contributed by atoms with Gasteiger partial charge in [0, 0.05) is 23.6 Å². The first-order valence-electron chi connectivity index (χ1n) is 9.56. The molecule has 4 rings (SSSR count). The third kappa shape index (κ3) is 4.38. The monoisotopic (exact) mass is 435 g/mol. The predicted octanol–water partition coefficient (Wildman–Crippen LogP) is 3.97. The van der Waals surface area contributed by atoms with Crippen molar-refractivity contribution in [3.63, 3.8) is 0 Å². The van der Waals surface area contributed by atoms with Crippen molar-refractivity contribution < 1.29 is 28.0 Å². The van der Waals surface area contributed by atoms with Gasteiger partial charge in [0.2, 0.25) is 0 Å². The van der Waals surface area contributed by atoms with E-state index in [0.717, 1.165) is 22.6 Å². The number of phenolic OH excluding ortho intramolecular Hbond substituents is 2. The molecule has 0 amide bonds. The van der Waals surface area contributed by atoms with Gasteiger partial charge in [0.15, 0.2) is 0 Å². The van der Waals surface area contributed by atoms with E-state index in [-0.39, 0.29) is 30.1 Å². The molecule has 31 heavy (non-hydrogen) atoms. The number of hydrogen-bond acceptors (Lipinski definition) is 6. The van der Waals surface area contributed by atoms with E-state index in [0.29, 0.717) is 21.7 Å². The van der Waals surface area contributed by atoms with Crippen LogP contribution in [0.25, 0.3) is 21.5 Å². The van der Waals surface area contributed by atoms with Crippen LogP contribution in [0, 0.1) is 6.92 Å². The van der Waals surface area contributed by atoms with Crippen LogP contribution in [0.4, 0.5) is 0 Å². The highest BCUT2D eigenvalue weighted by Gasteiger charge is 2.12. The Labute approximate surface area is 179 Å². The first kappa shape index (κ1) is 20.8. The van der Waals surface area contributed by atoms with Crippen molar-refractivity contribution in [2.75, 3.05) is 0 Å². The lowest BCUT2D eigenvalue weighted by molar-refractivity contribution is -0.117. The summed E-state index contributed by atoms with van der Waals surface area (Å²) in [6.07, 6.45) is 0.301. The highest BCUT2D eigenvalue weighted by molar-refractivity contribution is 7.85. The van der Waals surface area contributed by atoms with Crippen LogP contribution in [0.15, 0.2) is 65.6 Å². The highest BCUT2D eigenvalue weighted by atomic mass is 32.2. The molecule has 0 bridgehead atoms. The fraction of sp³-hybridized carbons (Fsp3) is 0.125. The Balaban J connectivity index is 1.57. The molecule has 0 unspecified atom stereocenters. The summed E-state index contributed by atoms with van der Waals surface area (Å²) in [5.41, 5.74) is 2.39. The molecular weight excluding hydrogens is 416 g/mol. The topological polar surface area (TPSA) is 115 Å². The smallest absolute Gasteiger partial charge is 0.141 e. The Morgan fingerprint density at radius 2 is 1.32 bits per heavy atom. The maximum Gasteiger partial charge on any atom is 0.141 e. The average Bonchev–Trinajstić information content (AvgIpc) is 2.68. The number of ketones is 1. The molecular formula is C24H19O6S-. The molecule has 4 aromatic carbocycles. The summed E-state index contributed by atoms with van der Waals surface area (Å²) in [7, 11) is -4.68. The van der Waals surface area contributed by atoms with Gasteiger partial charge in [-0.2, -0.15) is 0 Å². The normalized spacial score (nSPS) is 11.8. The number of phenols is 2. The van der Waals surface area contributed by atoms with E-state index >= 15 is 0 Å². The Morgan fingerprint density at radius 3 is 1.87 bits per heavy atom.